The molecule has 1 aromatic carbocycles. The molecule has 2 aromatic rings. The first-order chi connectivity index (χ1) is 9.22. The maximum absolute atomic E-state index is 12.2. The van der Waals surface area contributed by atoms with E-state index in [1.807, 2.05) is 23.7 Å². The van der Waals surface area contributed by atoms with Crippen LogP contribution in [0.3, 0.4) is 0 Å². The highest BCUT2D eigenvalue weighted by atomic mass is 32.1. The molecule has 100 valence electrons. The lowest BCUT2D eigenvalue weighted by atomic mass is 9.86. The molecule has 0 aliphatic heterocycles. The van der Waals surface area contributed by atoms with Gasteiger partial charge in [0.05, 0.1) is 15.7 Å². The van der Waals surface area contributed by atoms with Crippen molar-refractivity contribution in [3.63, 3.8) is 0 Å². The van der Waals surface area contributed by atoms with Gasteiger partial charge in [-0.25, -0.2) is 4.98 Å². The zero-order chi connectivity index (χ0) is 13.2. The summed E-state index contributed by atoms with van der Waals surface area (Å²) in [4.78, 5) is 16.4. The van der Waals surface area contributed by atoms with Crippen molar-refractivity contribution in [1.29, 1.82) is 0 Å². The number of nitrogens with two attached hydrogens (primary N) is 1. The molecule has 3 N–H and O–H groups in total. The number of benzene rings is 1. The number of amides is 1. The van der Waals surface area contributed by atoms with Crippen molar-refractivity contribution in [3.05, 3.63) is 23.7 Å². The first-order valence-corrected chi connectivity index (χ1v) is 7.50. The predicted octanol–water partition coefficient (Wildman–Crippen LogP) is 2.75. The molecule has 19 heavy (non-hydrogen) atoms. The summed E-state index contributed by atoms with van der Waals surface area (Å²) in [5.41, 5.74) is 9.52. The molecule has 0 unspecified atom stereocenters. The number of anilines is 1. The normalized spacial score (nSPS) is 23.4. The second-order valence-electron chi connectivity index (χ2n) is 5.14. The summed E-state index contributed by atoms with van der Waals surface area (Å²) in [7, 11) is 0. The Morgan fingerprint density at radius 1 is 1.32 bits per heavy atom. The molecule has 0 spiro atoms. The van der Waals surface area contributed by atoms with E-state index in [2.05, 4.69) is 10.3 Å². The lowest BCUT2D eigenvalue weighted by molar-refractivity contribution is -0.120. The van der Waals surface area contributed by atoms with Gasteiger partial charge in [0.15, 0.2) is 0 Å². The third-order valence-electron chi connectivity index (χ3n) is 3.74. The van der Waals surface area contributed by atoms with E-state index in [1.54, 1.807) is 11.3 Å². The lowest BCUT2D eigenvalue weighted by Gasteiger charge is -2.25. The highest BCUT2D eigenvalue weighted by Crippen LogP contribution is 2.26. The van der Waals surface area contributed by atoms with Gasteiger partial charge in [-0.15, -0.1) is 11.3 Å². The van der Waals surface area contributed by atoms with E-state index >= 15 is 0 Å². The van der Waals surface area contributed by atoms with Crippen LogP contribution in [-0.4, -0.2) is 16.9 Å². The molecule has 1 saturated carbocycles. The average Bonchev–Trinajstić information content (AvgIpc) is 2.87. The van der Waals surface area contributed by atoms with Gasteiger partial charge in [0.1, 0.15) is 0 Å². The van der Waals surface area contributed by atoms with Crippen LogP contribution in [0.15, 0.2) is 23.7 Å². The molecule has 1 aromatic heterocycles. The summed E-state index contributed by atoms with van der Waals surface area (Å²) in [6.07, 6.45) is 3.70. The minimum absolute atomic E-state index is 0.108. The first-order valence-electron chi connectivity index (χ1n) is 6.62. The third kappa shape index (κ3) is 2.77. The smallest absolute Gasteiger partial charge is 0.227 e. The minimum Gasteiger partial charge on any atom is -0.328 e. The van der Waals surface area contributed by atoms with Gasteiger partial charge in [-0.2, -0.15) is 0 Å². The van der Waals surface area contributed by atoms with Crippen molar-refractivity contribution >= 4 is 33.1 Å². The Hall–Kier alpha value is -1.46. The molecule has 1 amide bonds. The van der Waals surface area contributed by atoms with E-state index in [9.17, 15) is 4.79 Å². The number of hydrogen-bond acceptors (Lipinski definition) is 4. The van der Waals surface area contributed by atoms with Crippen molar-refractivity contribution < 1.29 is 4.79 Å². The lowest BCUT2D eigenvalue weighted by Crippen LogP contribution is -2.32. The zero-order valence-corrected chi connectivity index (χ0v) is 11.5. The molecule has 0 saturated heterocycles. The molecule has 0 radical (unpaired) electrons. The van der Waals surface area contributed by atoms with E-state index in [4.69, 9.17) is 5.73 Å². The number of carbonyl (C=O) groups is 1. The Kier molecular flexibility index (Phi) is 3.48. The SMILES string of the molecule is NC1CCC(C(=O)Nc2ccc3ncsc3c2)CC1. The van der Waals surface area contributed by atoms with Crippen LogP contribution in [0.5, 0.6) is 0 Å². The van der Waals surface area contributed by atoms with Gasteiger partial charge < -0.3 is 11.1 Å². The molecule has 3 rings (SSSR count). The van der Waals surface area contributed by atoms with Crippen molar-refractivity contribution in [2.75, 3.05) is 5.32 Å². The molecule has 1 heterocycles. The molecule has 0 bridgehead atoms. The molecule has 0 atom stereocenters. The van der Waals surface area contributed by atoms with Crippen LogP contribution in [-0.2, 0) is 4.79 Å². The Morgan fingerprint density at radius 2 is 2.11 bits per heavy atom. The van der Waals surface area contributed by atoms with Gasteiger partial charge in [0, 0.05) is 17.6 Å². The second kappa shape index (κ2) is 5.27. The van der Waals surface area contributed by atoms with Crippen molar-refractivity contribution in [3.8, 4) is 0 Å². The van der Waals surface area contributed by atoms with Crippen LogP contribution in [0.2, 0.25) is 0 Å². The summed E-state index contributed by atoms with van der Waals surface area (Å²) in [6, 6.07) is 6.12. The summed E-state index contributed by atoms with van der Waals surface area (Å²) >= 11 is 1.59. The molecule has 4 nitrogen and oxygen atoms in total. The number of fused-ring (bicyclic) bond motifs is 1. The van der Waals surface area contributed by atoms with E-state index in [0.717, 1.165) is 41.6 Å². The molecule has 1 aliphatic carbocycles. The van der Waals surface area contributed by atoms with Crippen molar-refractivity contribution in [2.45, 2.75) is 31.7 Å². The highest BCUT2D eigenvalue weighted by Gasteiger charge is 2.24. The largest absolute Gasteiger partial charge is 0.328 e. The summed E-state index contributed by atoms with van der Waals surface area (Å²) < 4.78 is 1.10. The molecule has 5 heteroatoms. The fourth-order valence-electron chi connectivity index (χ4n) is 2.56. The summed E-state index contributed by atoms with van der Waals surface area (Å²) in [5.74, 6) is 0.229. The average molecular weight is 275 g/mol. The number of aromatic nitrogens is 1. The van der Waals surface area contributed by atoms with Gasteiger partial charge in [0.2, 0.25) is 5.91 Å². The predicted molar refractivity (Wildman–Crippen MR) is 78.2 cm³/mol. The van der Waals surface area contributed by atoms with E-state index in [0.29, 0.717) is 0 Å². The topological polar surface area (TPSA) is 68.0 Å². The van der Waals surface area contributed by atoms with Crippen LogP contribution in [0.4, 0.5) is 5.69 Å². The maximum atomic E-state index is 12.2. The fourth-order valence-corrected chi connectivity index (χ4v) is 3.27. The fraction of sp³-hybridized carbons (Fsp3) is 0.429. The van der Waals surface area contributed by atoms with Gasteiger partial charge in [-0.1, -0.05) is 0 Å². The monoisotopic (exact) mass is 275 g/mol. The second-order valence-corrected chi connectivity index (χ2v) is 6.02. The van der Waals surface area contributed by atoms with Crippen LogP contribution < -0.4 is 11.1 Å². The Bertz CT molecular complexity index is 587. The van der Waals surface area contributed by atoms with Crippen LogP contribution in [0, 0.1) is 5.92 Å². The molecular weight excluding hydrogens is 258 g/mol. The minimum atomic E-state index is 0.108. The van der Waals surface area contributed by atoms with Gasteiger partial charge in [-0.3, -0.25) is 4.79 Å². The third-order valence-corrected chi connectivity index (χ3v) is 4.53. The van der Waals surface area contributed by atoms with Crippen molar-refractivity contribution in [1.82, 2.24) is 4.98 Å². The quantitative estimate of drug-likeness (QED) is 0.885. The van der Waals surface area contributed by atoms with Crippen molar-refractivity contribution in [2.24, 2.45) is 11.7 Å². The Morgan fingerprint density at radius 3 is 2.89 bits per heavy atom. The number of thiazole rings is 1. The van der Waals surface area contributed by atoms with Gasteiger partial charge in [0.25, 0.3) is 0 Å². The molecule has 1 aliphatic rings. The number of carbonyl (C=O) groups excluding carboxylic acids is 1. The summed E-state index contributed by atoms with van der Waals surface area (Å²) in [5, 5.41) is 3.01. The Balaban J connectivity index is 1.68. The summed E-state index contributed by atoms with van der Waals surface area (Å²) in [6.45, 7) is 0. The van der Waals surface area contributed by atoms with Gasteiger partial charge >= 0.3 is 0 Å². The van der Waals surface area contributed by atoms with E-state index < -0.39 is 0 Å². The van der Waals surface area contributed by atoms with Gasteiger partial charge in [-0.05, 0) is 43.9 Å². The number of nitrogens with one attached hydrogen (secondary N) is 1. The van der Waals surface area contributed by atoms with Crippen LogP contribution in [0.1, 0.15) is 25.7 Å². The molecular formula is C14H17N3OS. The zero-order valence-electron chi connectivity index (χ0n) is 10.6. The highest BCUT2D eigenvalue weighted by molar-refractivity contribution is 7.16. The van der Waals surface area contributed by atoms with E-state index in [-0.39, 0.29) is 17.9 Å². The maximum Gasteiger partial charge on any atom is 0.227 e. The number of nitrogens with zero attached hydrogens (tertiary/aromatic N) is 1. The van der Waals surface area contributed by atoms with E-state index in [1.165, 1.54) is 0 Å². The standard InChI is InChI=1S/C14H17N3OS/c15-10-3-1-9(2-4-10)14(18)17-11-5-6-12-13(7-11)19-8-16-12/h5-10H,1-4,15H2,(H,17,18). The van der Waals surface area contributed by atoms with Crippen LogP contribution >= 0.6 is 11.3 Å². The first kappa shape index (κ1) is 12.6. The molecule has 1 fully saturated rings. The number of hydrogen-bond donors (Lipinski definition) is 2. The Labute approximate surface area is 116 Å². The number of rotatable bonds is 2. The van der Waals surface area contributed by atoms with Crippen LogP contribution in [0.25, 0.3) is 10.2 Å².